The molecule has 0 rings (SSSR count). The number of carbonyl (C=O) groups is 1. The normalized spacial score (nSPS) is 7.11. The number of rotatable bonds is 2. The first-order valence-corrected chi connectivity index (χ1v) is 3.40. The molecule has 0 unspecified atom stereocenters. The molecule has 0 aromatic rings. The van der Waals surface area contributed by atoms with E-state index in [9.17, 15) is 4.79 Å². The summed E-state index contributed by atoms with van der Waals surface area (Å²) in [4.78, 5) is 10.9. The van der Waals surface area contributed by atoms with Crippen molar-refractivity contribution in [3.05, 3.63) is 0 Å². The highest BCUT2D eigenvalue weighted by molar-refractivity contribution is 6.17. The highest BCUT2D eigenvalue weighted by atomic mass is 35.5. The molecule has 2 nitrogen and oxygen atoms in total. The maximum atomic E-state index is 9.43. The number of amides is 1. The monoisotopic (exact) mass is 151 g/mol. The minimum absolute atomic E-state index is 0.750. The van der Waals surface area contributed by atoms with Crippen molar-refractivity contribution in [3.8, 4) is 0 Å². The van der Waals surface area contributed by atoms with Gasteiger partial charge >= 0.3 is 0 Å². The van der Waals surface area contributed by atoms with Crippen molar-refractivity contribution in [1.29, 1.82) is 0 Å². The van der Waals surface area contributed by atoms with Gasteiger partial charge in [0.1, 0.15) is 0 Å². The number of carbonyl (C=O) groups excluding carboxylic acids is 1. The average Bonchev–Trinajstić information content (AvgIpc) is 1.89. The molecular weight excluding hydrogens is 138 g/mol. The van der Waals surface area contributed by atoms with Gasteiger partial charge in [-0.2, -0.15) is 0 Å². The molecule has 0 saturated carbocycles. The van der Waals surface area contributed by atoms with Crippen LogP contribution >= 0.6 is 11.6 Å². The number of hydrogen-bond donors (Lipinski definition) is 0. The van der Waals surface area contributed by atoms with Gasteiger partial charge in [-0.15, -0.1) is 11.6 Å². The smallest absolute Gasteiger partial charge is 0.209 e. The van der Waals surface area contributed by atoms with Gasteiger partial charge in [-0.3, -0.25) is 4.79 Å². The standard InChI is InChI=1S/C3H7Cl.C3H7NO/c1-2-3-4;1-4(2)3-5/h2-3H2,1H3;3H,1-2H3. The summed E-state index contributed by atoms with van der Waals surface area (Å²) in [7, 11) is 3.38. The Hall–Kier alpha value is -0.240. The number of nitrogens with zero attached hydrogens (tertiary/aromatic N) is 1. The Bertz CT molecular complexity index is 55.0. The highest BCUT2D eigenvalue weighted by Crippen LogP contribution is 1.75. The molecule has 0 heterocycles. The summed E-state index contributed by atoms with van der Waals surface area (Å²) in [6, 6.07) is 0. The van der Waals surface area contributed by atoms with Crippen LogP contribution in [0.2, 0.25) is 0 Å². The topological polar surface area (TPSA) is 20.3 Å². The largest absolute Gasteiger partial charge is 0.351 e. The van der Waals surface area contributed by atoms with Crippen LogP contribution in [0.4, 0.5) is 0 Å². The van der Waals surface area contributed by atoms with E-state index in [0.717, 1.165) is 18.7 Å². The fourth-order valence-electron chi connectivity index (χ4n) is 0. The van der Waals surface area contributed by atoms with Gasteiger partial charge in [0.05, 0.1) is 0 Å². The lowest BCUT2D eigenvalue weighted by Gasteiger charge is -1.93. The summed E-state index contributed by atoms with van der Waals surface area (Å²) in [5.41, 5.74) is 0. The van der Waals surface area contributed by atoms with Crippen LogP contribution in [0.1, 0.15) is 13.3 Å². The van der Waals surface area contributed by atoms with Gasteiger partial charge in [-0.25, -0.2) is 0 Å². The summed E-state index contributed by atoms with van der Waals surface area (Å²) in [6.45, 7) is 2.05. The summed E-state index contributed by atoms with van der Waals surface area (Å²) in [5.74, 6) is 0.792. The summed E-state index contributed by atoms with van der Waals surface area (Å²) in [5, 5.41) is 0. The molecule has 0 aromatic carbocycles. The van der Waals surface area contributed by atoms with E-state index in [2.05, 4.69) is 0 Å². The summed E-state index contributed by atoms with van der Waals surface area (Å²) in [6.07, 6.45) is 1.83. The second kappa shape index (κ2) is 10.7. The zero-order valence-electron chi connectivity index (χ0n) is 6.22. The molecule has 0 saturated heterocycles. The predicted molar refractivity (Wildman–Crippen MR) is 40.8 cm³/mol. The van der Waals surface area contributed by atoms with Crippen LogP contribution in [0, 0.1) is 0 Å². The molecule has 0 aliphatic rings. The molecule has 9 heavy (non-hydrogen) atoms. The number of hydrogen-bond acceptors (Lipinski definition) is 1. The van der Waals surface area contributed by atoms with Crippen molar-refractivity contribution >= 4 is 18.0 Å². The van der Waals surface area contributed by atoms with Crippen LogP contribution in [-0.2, 0) is 4.79 Å². The highest BCUT2D eigenvalue weighted by Gasteiger charge is 1.68. The van der Waals surface area contributed by atoms with Crippen LogP contribution in [0.15, 0.2) is 0 Å². The lowest BCUT2D eigenvalue weighted by atomic mass is 10.6. The van der Waals surface area contributed by atoms with E-state index >= 15 is 0 Å². The van der Waals surface area contributed by atoms with Crippen LogP contribution < -0.4 is 0 Å². The molecule has 0 fully saturated rings. The first-order chi connectivity index (χ1) is 4.18. The van der Waals surface area contributed by atoms with Gasteiger partial charge in [0, 0.05) is 20.0 Å². The molecule has 0 radical (unpaired) electrons. The first-order valence-electron chi connectivity index (χ1n) is 2.86. The van der Waals surface area contributed by atoms with Crippen LogP contribution in [0.25, 0.3) is 0 Å². The van der Waals surface area contributed by atoms with Crippen molar-refractivity contribution < 1.29 is 4.79 Å². The van der Waals surface area contributed by atoms with Crippen LogP contribution in [-0.4, -0.2) is 31.3 Å². The van der Waals surface area contributed by atoms with E-state index in [1.807, 2.05) is 6.92 Å². The average molecular weight is 152 g/mol. The Kier molecular flexibility index (Phi) is 13.7. The molecule has 0 spiro atoms. The molecular formula is C6H14ClNO. The SMILES string of the molecule is CCCCl.CN(C)C=O. The Morgan fingerprint density at radius 3 is 1.78 bits per heavy atom. The van der Waals surface area contributed by atoms with Crippen molar-refractivity contribution in [3.63, 3.8) is 0 Å². The number of alkyl halides is 1. The van der Waals surface area contributed by atoms with Gasteiger partial charge in [0.25, 0.3) is 0 Å². The van der Waals surface area contributed by atoms with Crippen molar-refractivity contribution in [1.82, 2.24) is 4.90 Å². The molecule has 1 amide bonds. The molecule has 0 aliphatic carbocycles. The zero-order chi connectivity index (χ0) is 7.70. The zero-order valence-corrected chi connectivity index (χ0v) is 6.98. The Morgan fingerprint density at radius 1 is 1.56 bits per heavy atom. The van der Waals surface area contributed by atoms with Crippen molar-refractivity contribution in [2.45, 2.75) is 13.3 Å². The molecule has 0 aliphatic heterocycles. The Morgan fingerprint density at radius 2 is 1.78 bits per heavy atom. The van der Waals surface area contributed by atoms with Crippen molar-refractivity contribution in [2.24, 2.45) is 0 Å². The van der Waals surface area contributed by atoms with E-state index in [1.165, 1.54) is 4.90 Å². The molecule has 3 heteroatoms. The molecule has 56 valence electrons. The quantitative estimate of drug-likeness (QED) is 0.431. The lowest BCUT2D eigenvalue weighted by Crippen LogP contribution is -2.06. The van der Waals surface area contributed by atoms with Crippen LogP contribution in [0.3, 0.4) is 0 Å². The minimum atomic E-state index is 0.750. The van der Waals surface area contributed by atoms with Gasteiger partial charge in [0.2, 0.25) is 6.41 Å². The fraction of sp³-hybridized carbons (Fsp3) is 0.833. The first kappa shape index (κ1) is 11.5. The van der Waals surface area contributed by atoms with E-state index in [4.69, 9.17) is 11.6 Å². The molecule has 0 atom stereocenters. The van der Waals surface area contributed by atoms with E-state index in [0.29, 0.717) is 0 Å². The molecule has 0 bridgehead atoms. The van der Waals surface area contributed by atoms with Gasteiger partial charge in [-0.1, -0.05) is 6.92 Å². The van der Waals surface area contributed by atoms with Gasteiger partial charge in [-0.05, 0) is 6.42 Å². The van der Waals surface area contributed by atoms with Crippen molar-refractivity contribution in [2.75, 3.05) is 20.0 Å². The Balaban J connectivity index is 0. The van der Waals surface area contributed by atoms with E-state index < -0.39 is 0 Å². The maximum Gasteiger partial charge on any atom is 0.209 e. The summed E-state index contributed by atoms with van der Waals surface area (Å²) >= 11 is 5.19. The van der Waals surface area contributed by atoms with Crippen LogP contribution in [0.5, 0.6) is 0 Å². The fourth-order valence-corrected chi connectivity index (χ4v) is 0. The predicted octanol–water partition coefficient (Wildman–Crippen LogP) is 1.34. The minimum Gasteiger partial charge on any atom is -0.351 e. The number of halogens is 1. The van der Waals surface area contributed by atoms with Gasteiger partial charge < -0.3 is 4.90 Å². The summed E-state index contributed by atoms with van der Waals surface area (Å²) < 4.78 is 0. The Labute approximate surface area is 61.8 Å². The third kappa shape index (κ3) is 33.8. The second-order valence-corrected chi connectivity index (χ2v) is 2.14. The second-order valence-electron chi connectivity index (χ2n) is 1.76. The van der Waals surface area contributed by atoms with Gasteiger partial charge in [0.15, 0.2) is 0 Å². The molecule has 0 aromatic heterocycles. The van der Waals surface area contributed by atoms with E-state index in [-0.39, 0.29) is 0 Å². The lowest BCUT2D eigenvalue weighted by molar-refractivity contribution is -0.115. The third-order valence-corrected chi connectivity index (χ3v) is 0.778. The third-order valence-electron chi connectivity index (χ3n) is 0.400. The van der Waals surface area contributed by atoms with E-state index in [1.54, 1.807) is 14.1 Å². The maximum absolute atomic E-state index is 9.43. The molecule has 0 N–H and O–H groups in total.